The molecule has 5 nitrogen and oxygen atoms in total. The van der Waals surface area contributed by atoms with Crippen molar-refractivity contribution in [2.75, 3.05) is 26.3 Å². The Hall–Kier alpha value is -1.24. The molecule has 0 spiro atoms. The largest absolute Gasteiger partial charge is 0.379 e. The van der Waals surface area contributed by atoms with Crippen molar-refractivity contribution >= 4 is 16.2 Å². The Bertz CT molecular complexity index is 507. The molecule has 17 heavy (non-hydrogen) atoms. The first kappa shape index (κ1) is 12.2. The Morgan fingerprint density at radius 3 is 2.65 bits per heavy atom. The lowest BCUT2D eigenvalue weighted by molar-refractivity contribution is 0.0730. The van der Waals surface area contributed by atoms with Crippen LogP contribution >= 0.6 is 0 Å². The van der Waals surface area contributed by atoms with E-state index in [-0.39, 0.29) is 4.90 Å². The summed E-state index contributed by atoms with van der Waals surface area (Å²) in [5, 5.41) is 7.14. The molecule has 1 N–H and O–H groups in total. The van der Waals surface area contributed by atoms with Crippen LogP contribution in [0.15, 0.2) is 29.2 Å². The zero-order valence-corrected chi connectivity index (χ0v) is 10.1. The van der Waals surface area contributed by atoms with Crippen molar-refractivity contribution in [1.29, 1.82) is 5.41 Å². The van der Waals surface area contributed by atoms with Gasteiger partial charge in [0.2, 0.25) is 10.0 Å². The van der Waals surface area contributed by atoms with E-state index in [0.717, 1.165) is 6.21 Å². The minimum atomic E-state index is -3.44. The summed E-state index contributed by atoms with van der Waals surface area (Å²) in [6.45, 7) is 1.64. The van der Waals surface area contributed by atoms with E-state index >= 15 is 0 Å². The third-order valence-corrected chi connectivity index (χ3v) is 4.53. The Labute approximate surface area is 101 Å². The van der Waals surface area contributed by atoms with E-state index in [9.17, 15) is 8.42 Å². The summed E-state index contributed by atoms with van der Waals surface area (Å²) < 4.78 is 31.1. The van der Waals surface area contributed by atoms with Gasteiger partial charge in [-0.3, -0.25) is 0 Å². The summed E-state index contributed by atoms with van der Waals surface area (Å²) in [5.41, 5.74) is 0.583. The molecule has 0 aromatic heterocycles. The lowest BCUT2D eigenvalue weighted by atomic mass is 10.2. The Morgan fingerprint density at radius 2 is 2.00 bits per heavy atom. The van der Waals surface area contributed by atoms with Crippen LogP contribution in [-0.2, 0) is 14.8 Å². The van der Waals surface area contributed by atoms with E-state index in [0.29, 0.717) is 31.9 Å². The number of morpholine rings is 1. The maximum atomic E-state index is 12.3. The van der Waals surface area contributed by atoms with Crippen molar-refractivity contribution in [3.8, 4) is 0 Å². The standard InChI is InChI=1S/C11H14N2O3S/c12-9-10-2-1-3-11(8-10)17(14,15)13-4-6-16-7-5-13/h1-3,8-9,12H,4-7H2. The van der Waals surface area contributed by atoms with Gasteiger partial charge in [-0.05, 0) is 17.7 Å². The summed E-state index contributed by atoms with van der Waals surface area (Å²) >= 11 is 0. The third-order valence-electron chi connectivity index (χ3n) is 2.63. The van der Waals surface area contributed by atoms with Crippen LogP contribution in [0.1, 0.15) is 5.56 Å². The maximum absolute atomic E-state index is 12.3. The first-order chi connectivity index (χ1) is 8.14. The number of nitrogens with zero attached hydrogens (tertiary/aromatic N) is 1. The van der Waals surface area contributed by atoms with Crippen molar-refractivity contribution in [2.24, 2.45) is 0 Å². The number of sulfonamides is 1. The molecule has 1 aromatic rings. The first-order valence-corrected chi connectivity index (χ1v) is 6.77. The fourth-order valence-electron chi connectivity index (χ4n) is 1.70. The van der Waals surface area contributed by atoms with Gasteiger partial charge in [0.15, 0.2) is 0 Å². The quantitative estimate of drug-likeness (QED) is 0.807. The minimum Gasteiger partial charge on any atom is -0.379 e. The molecule has 0 saturated carbocycles. The van der Waals surface area contributed by atoms with Gasteiger partial charge in [-0.2, -0.15) is 4.31 Å². The highest BCUT2D eigenvalue weighted by atomic mass is 32.2. The van der Waals surface area contributed by atoms with Gasteiger partial charge in [0, 0.05) is 19.3 Å². The molecule has 1 aliphatic heterocycles. The second-order valence-corrected chi connectivity index (χ2v) is 5.67. The zero-order valence-electron chi connectivity index (χ0n) is 9.30. The molecule has 0 bridgehead atoms. The molecule has 0 unspecified atom stereocenters. The topological polar surface area (TPSA) is 70.5 Å². The van der Waals surface area contributed by atoms with Gasteiger partial charge in [-0.15, -0.1) is 0 Å². The van der Waals surface area contributed by atoms with E-state index in [1.807, 2.05) is 0 Å². The van der Waals surface area contributed by atoms with Crippen molar-refractivity contribution in [2.45, 2.75) is 4.90 Å². The Morgan fingerprint density at radius 1 is 1.29 bits per heavy atom. The third kappa shape index (κ3) is 2.54. The lowest BCUT2D eigenvalue weighted by Gasteiger charge is -2.26. The van der Waals surface area contributed by atoms with Crippen molar-refractivity contribution in [3.05, 3.63) is 29.8 Å². The molecule has 1 aromatic carbocycles. The monoisotopic (exact) mass is 254 g/mol. The van der Waals surface area contributed by atoms with Gasteiger partial charge in [-0.1, -0.05) is 12.1 Å². The molecule has 0 amide bonds. The molecule has 0 atom stereocenters. The summed E-state index contributed by atoms with van der Waals surface area (Å²) in [5.74, 6) is 0. The molecular formula is C11H14N2O3S. The SMILES string of the molecule is N=Cc1cccc(S(=O)(=O)N2CCOCC2)c1. The predicted octanol–water partition coefficient (Wildman–Crippen LogP) is 0.705. The van der Waals surface area contributed by atoms with Crippen LogP contribution in [-0.4, -0.2) is 45.2 Å². The lowest BCUT2D eigenvalue weighted by Crippen LogP contribution is -2.40. The molecule has 92 valence electrons. The number of nitrogens with one attached hydrogen (secondary N) is 1. The summed E-state index contributed by atoms with van der Waals surface area (Å²) in [7, 11) is -3.44. The van der Waals surface area contributed by atoms with E-state index in [1.54, 1.807) is 18.2 Å². The van der Waals surface area contributed by atoms with Crippen LogP contribution in [0, 0.1) is 5.41 Å². The van der Waals surface area contributed by atoms with Gasteiger partial charge < -0.3 is 10.1 Å². The predicted molar refractivity (Wildman–Crippen MR) is 63.9 cm³/mol. The van der Waals surface area contributed by atoms with Crippen molar-refractivity contribution < 1.29 is 13.2 Å². The number of hydrogen-bond acceptors (Lipinski definition) is 4. The number of rotatable bonds is 3. The van der Waals surface area contributed by atoms with Crippen molar-refractivity contribution in [1.82, 2.24) is 4.31 Å². The van der Waals surface area contributed by atoms with E-state index < -0.39 is 10.0 Å². The molecule has 0 aliphatic carbocycles. The fraction of sp³-hybridized carbons (Fsp3) is 0.364. The van der Waals surface area contributed by atoms with E-state index in [2.05, 4.69) is 0 Å². The second-order valence-electron chi connectivity index (χ2n) is 3.73. The Kier molecular flexibility index (Phi) is 3.56. The van der Waals surface area contributed by atoms with Gasteiger partial charge in [0.05, 0.1) is 18.1 Å². The minimum absolute atomic E-state index is 0.236. The van der Waals surface area contributed by atoms with Gasteiger partial charge in [0.25, 0.3) is 0 Å². The molecule has 1 heterocycles. The molecule has 1 aliphatic rings. The summed E-state index contributed by atoms with van der Waals surface area (Å²) in [4.78, 5) is 0.236. The highest BCUT2D eigenvalue weighted by Crippen LogP contribution is 2.17. The van der Waals surface area contributed by atoms with Gasteiger partial charge in [-0.25, -0.2) is 8.42 Å². The first-order valence-electron chi connectivity index (χ1n) is 5.33. The molecule has 1 saturated heterocycles. The average Bonchev–Trinajstić information content (AvgIpc) is 2.40. The van der Waals surface area contributed by atoms with Gasteiger partial charge in [0.1, 0.15) is 0 Å². The average molecular weight is 254 g/mol. The van der Waals surface area contributed by atoms with E-state index in [1.165, 1.54) is 10.4 Å². The maximum Gasteiger partial charge on any atom is 0.243 e. The molecule has 1 fully saturated rings. The summed E-state index contributed by atoms with van der Waals surface area (Å²) in [6, 6.07) is 6.41. The molecule has 6 heteroatoms. The second kappa shape index (κ2) is 4.95. The van der Waals surface area contributed by atoms with Crippen LogP contribution in [0.3, 0.4) is 0 Å². The van der Waals surface area contributed by atoms with Crippen LogP contribution in [0.4, 0.5) is 0 Å². The molecule has 2 rings (SSSR count). The number of ether oxygens (including phenoxy) is 1. The molecular weight excluding hydrogens is 240 g/mol. The highest BCUT2D eigenvalue weighted by molar-refractivity contribution is 7.89. The van der Waals surface area contributed by atoms with Gasteiger partial charge >= 0.3 is 0 Å². The highest BCUT2D eigenvalue weighted by Gasteiger charge is 2.26. The van der Waals surface area contributed by atoms with Crippen LogP contribution in [0.5, 0.6) is 0 Å². The van der Waals surface area contributed by atoms with Crippen LogP contribution in [0.25, 0.3) is 0 Å². The summed E-state index contributed by atoms with van der Waals surface area (Å²) in [6.07, 6.45) is 1.14. The number of hydrogen-bond donors (Lipinski definition) is 1. The smallest absolute Gasteiger partial charge is 0.243 e. The number of benzene rings is 1. The van der Waals surface area contributed by atoms with Crippen LogP contribution in [0.2, 0.25) is 0 Å². The zero-order chi connectivity index (χ0) is 12.3. The van der Waals surface area contributed by atoms with E-state index in [4.69, 9.17) is 10.1 Å². The van der Waals surface area contributed by atoms with Crippen molar-refractivity contribution in [3.63, 3.8) is 0 Å². The van der Waals surface area contributed by atoms with Crippen LogP contribution < -0.4 is 0 Å². The molecule has 0 radical (unpaired) electrons. The Balaban J connectivity index is 2.32. The normalized spacial score (nSPS) is 17.9. The fourth-order valence-corrected chi connectivity index (χ4v) is 3.16.